The summed E-state index contributed by atoms with van der Waals surface area (Å²) in [4.78, 5) is 21.4. The molecule has 11 heteroatoms. The predicted octanol–water partition coefficient (Wildman–Crippen LogP) is 1.51. The Bertz CT molecular complexity index is 971. The van der Waals surface area contributed by atoms with Gasteiger partial charge in [0, 0.05) is 38.6 Å². The molecular formula is C19H23FIN9. The summed E-state index contributed by atoms with van der Waals surface area (Å²) in [5.74, 6) is 1.51. The third kappa shape index (κ3) is 5.62. The number of rotatable bonds is 5. The van der Waals surface area contributed by atoms with E-state index < -0.39 is 0 Å². The number of aliphatic imine (C=N–C) groups is 1. The highest BCUT2D eigenvalue weighted by atomic mass is 127. The van der Waals surface area contributed by atoms with Crippen molar-refractivity contribution in [1.29, 1.82) is 0 Å². The molecule has 9 nitrogen and oxygen atoms in total. The number of nitrogens with zero attached hydrogens (tertiary/aromatic N) is 8. The lowest BCUT2D eigenvalue weighted by Crippen LogP contribution is -2.51. The van der Waals surface area contributed by atoms with E-state index in [2.05, 4.69) is 29.9 Å². The van der Waals surface area contributed by atoms with E-state index in [-0.39, 0.29) is 29.8 Å². The highest BCUT2D eigenvalue weighted by Crippen LogP contribution is 2.10. The molecule has 1 saturated heterocycles. The average Bonchev–Trinajstić information content (AvgIpc) is 3.20. The summed E-state index contributed by atoms with van der Waals surface area (Å²) in [5.41, 5.74) is 6.97. The Morgan fingerprint density at radius 3 is 2.57 bits per heavy atom. The third-order valence-corrected chi connectivity index (χ3v) is 4.64. The zero-order chi connectivity index (χ0) is 20.1. The lowest BCUT2D eigenvalue weighted by Gasteiger charge is -2.35. The molecule has 0 aliphatic carbocycles. The van der Waals surface area contributed by atoms with E-state index in [4.69, 9.17) is 5.73 Å². The fraction of sp³-hybridized carbons (Fsp3) is 0.316. The van der Waals surface area contributed by atoms with E-state index in [1.165, 1.54) is 12.1 Å². The van der Waals surface area contributed by atoms with Crippen molar-refractivity contribution in [3.63, 3.8) is 0 Å². The predicted molar refractivity (Wildman–Crippen MR) is 122 cm³/mol. The summed E-state index contributed by atoms with van der Waals surface area (Å²) >= 11 is 0. The van der Waals surface area contributed by atoms with Crippen molar-refractivity contribution in [3.05, 3.63) is 66.3 Å². The van der Waals surface area contributed by atoms with Gasteiger partial charge in [-0.05, 0) is 23.8 Å². The molecular weight excluding hydrogens is 500 g/mol. The number of halogens is 2. The van der Waals surface area contributed by atoms with Crippen molar-refractivity contribution in [2.24, 2.45) is 10.7 Å². The standard InChI is InChI=1S/C19H22FN9.HI/c20-16-4-1-3-15(11-16)13-29-14-25-17(26-29)12-24-18(21)27-7-9-28(10-8-27)19-22-5-2-6-23-19;/h1-6,11,14H,7-10,12-13H2,(H2,21,24);1H. The van der Waals surface area contributed by atoms with E-state index in [0.717, 1.165) is 37.7 Å². The Balaban J connectivity index is 0.00000256. The normalized spacial score (nSPS) is 14.5. The van der Waals surface area contributed by atoms with Crippen LogP contribution in [-0.4, -0.2) is 61.8 Å². The lowest BCUT2D eigenvalue weighted by atomic mass is 10.2. The zero-order valence-corrected chi connectivity index (χ0v) is 18.6. The molecule has 1 aliphatic heterocycles. The number of guanidine groups is 1. The minimum absolute atomic E-state index is 0. The van der Waals surface area contributed by atoms with Crippen LogP contribution in [0.3, 0.4) is 0 Å². The van der Waals surface area contributed by atoms with E-state index in [1.807, 2.05) is 11.0 Å². The molecule has 0 atom stereocenters. The van der Waals surface area contributed by atoms with Crippen LogP contribution in [0.1, 0.15) is 11.4 Å². The Kier molecular flexibility index (Phi) is 7.49. The molecule has 3 heterocycles. The largest absolute Gasteiger partial charge is 0.370 e. The second-order valence-electron chi connectivity index (χ2n) is 6.69. The van der Waals surface area contributed by atoms with Gasteiger partial charge in [0.2, 0.25) is 5.95 Å². The Morgan fingerprint density at radius 2 is 1.83 bits per heavy atom. The number of nitrogens with two attached hydrogens (primary N) is 1. The first-order chi connectivity index (χ1) is 14.2. The molecule has 0 unspecified atom stereocenters. The molecule has 1 aliphatic rings. The van der Waals surface area contributed by atoms with Crippen LogP contribution in [0.15, 0.2) is 54.0 Å². The van der Waals surface area contributed by atoms with Crippen LogP contribution in [0.4, 0.5) is 10.3 Å². The lowest BCUT2D eigenvalue weighted by molar-refractivity contribution is 0.378. The monoisotopic (exact) mass is 523 g/mol. The van der Waals surface area contributed by atoms with Crippen molar-refractivity contribution >= 4 is 35.9 Å². The molecule has 1 fully saturated rings. The first-order valence-corrected chi connectivity index (χ1v) is 9.37. The molecule has 2 N–H and O–H groups in total. The maximum Gasteiger partial charge on any atom is 0.225 e. The fourth-order valence-electron chi connectivity index (χ4n) is 3.15. The van der Waals surface area contributed by atoms with Crippen molar-refractivity contribution in [3.8, 4) is 0 Å². The second kappa shape index (κ2) is 10.3. The molecule has 0 radical (unpaired) electrons. The van der Waals surface area contributed by atoms with E-state index >= 15 is 0 Å². The number of hydrogen-bond acceptors (Lipinski definition) is 6. The fourth-order valence-corrected chi connectivity index (χ4v) is 3.15. The van der Waals surface area contributed by atoms with Gasteiger partial charge in [0.25, 0.3) is 0 Å². The summed E-state index contributed by atoms with van der Waals surface area (Å²) in [6.07, 6.45) is 5.10. The third-order valence-electron chi connectivity index (χ3n) is 4.64. The van der Waals surface area contributed by atoms with Crippen molar-refractivity contribution < 1.29 is 4.39 Å². The summed E-state index contributed by atoms with van der Waals surface area (Å²) in [7, 11) is 0. The Hall–Kier alpha value is -2.83. The van der Waals surface area contributed by atoms with Crippen LogP contribution in [0.5, 0.6) is 0 Å². The summed E-state index contributed by atoms with van der Waals surface area (Å²) < 4.78 is 15.0. The number of hydrogen-bond donors (Lipinski definition) is 1. The van der Waals surface area contributed by atoms with Crippen molar-refractivity contribution in [2.75, 3.05) is 31.1 Å². The SMILES string of the molecule is I.NC(=NCc1ncn(Cc2cccc(F)c2)n1)N1CCN(c2ncccn2)CC1. The molecule has 0 bridgehead atoms. The van der Waals surface area contributed by atoms with Crippen LogP contribution >= 0.6 is 24.0 Å². The molecule has 1 aromatic carbocycles. The average molecular weight is 523 g/mol. The van der Waals surface area contributed by atoms with Gasteiger partial charge in [0.15, 0.2) is 11.8 Å². The molecule has 158 valence electrons. The second-order valence-corrected chi connectivity index (χ2v) is 6.69. The van der Waals surface area contributed by atoms with Gasteiger partial charge < -0.3 is 15.5 Å². The molecule has 0 spiro atoms. The van der Waals surface area contributed by atoms with Crippen LogP contribution in [-0.2, 0) is 13.1 Å². The van der Waals surface area contributed by atoms with Crippen LogP contribution in [0.2, 0.25) is 0 Å². The molecule has 3 aromatic rings. The first kappa shape index (κ1) is 21.9. The topological polar surface area (TPSA) is 101 Å². The molecule has 4 rings (SSSR count). The highest BCUT2D eigenvalue weighted by Gasteiger charge is 2.19. The summed E-state index contributed by atoms with van der Waals surface area (Å²) in [6.45, 7) is 3.79. The summed E-state index contributed by atoms with van der Waals surface area (Å²) in [6, 6.07) is 8.23. The van der Waals surface area contributed by atoms with Gasteiger partial charge >= 0.3 is 0 Å². The Morgan fingerprint density at radius 1 is 1.07 bits per heavy atom. The van der Waals surface area contributed by atoms with Gasteiger partial charge in [-0.3, -0.25) is 0 Å². The molecule has 0 amide bonds. The number of piperazine rings is 1. The van der Waals surface area contributed by atoms with Gasteiger partial charge in [0.1, 0.15) is 18.7 Å². The number of anilines is 1. The van der Waals surface area contributed by atoms with E-state index in [1.54, 1.807) is 35.5 Å². The minimum atomic E-state index is -0.265. The number of aromatic nitrogens is 5. The first-order valence-electron chi connectivity index (χ1n) is 9.37. The van der Waals surface area contributed by atoms with Crippen LogP contribution in [0.25, 0.3) is 0 Å². The van der Waals surface area contributed by atoms with Gasteiger partial charge in [-0.2, -0.15) is 5.10 Å². The van der Waals surface area contributed by atoms with Crippen LogP contribution < -0.4 is 10.6 Å². The smallest absolute Gasteiger partial charge is 0.225 e. The zero-order valence-electron chi connectivity index (χ0n) is 16.3. The quantitative estimate of drug-likeness (QED) is 0.308. The minimum Gasteiger partial charge on any atom is -0.370 e. The highest BCUT2D eigenvalue weighted by molar-refractivity contribution is 14.0. The van der Waals surface area contributed by atoms with Gasteiger partial charge in [-0.1, -0.05) is 12.1 Å². The van der Waals surface area contributed by atoms with Crippen molar-refractivity contribution in [1.82, 2.24) is 29.6 Å². The van der Waals surface area contributed by atoms with Gasteiger partial charge in [0.05, 0.1) is 6.54 Å². The van der Waals surface area contributed by atoms with E-state index in [0.29, 0.717) is 24.9 Å². The van der Waals surface area contributed by atoms with Crippen LogP contribution in [0, 0.1) is 5.82 Å². The maximum atomic E-state index is 13.3. The molecule has 30 heavy (non-hydrogen) atoms. The molecule has 0 saturated carbocycles. The van der Waals surface area contributed by atoms with E-state index in [9.17, 15) is 4.39 Å². The Labute approximate surface area is 190 Å². The van der Waals surface area contributed by atoms with Crippen molar-refractivity contribution in [2.45, 2.75) is 13.1 Å². The summed E-state index contributed by atoms with van der Waals surface area (Å²) in [5, 5.41) is 4.38. The molecule has 2 aromatic heterocycles. The maximum absolute atomic E-state index is 13.3. The number of benzene rings is 1. The van der Waals surface area contributed by atoms with Gasteiger partial charge in [-0.25, -0.2) is 29.0 Å². The van der Waals surface area contributed by atoms with Gasteiger partial charge in [-0.15, -0.1) is 24.0 Å².